The van der Waals surface area contributed by atoms with Crippen LogP contribution in [0.3, 0.4) is 0 Å². The molecule has 3 rings (SSSR count). The molecule has 0 atom stereocenters. The summed E-state index contributed by atoms with van der Waals surface area (Å²) in [7, 11) is 0. The Hall–Kier alpha value is -2.76. The van der Waals surface area contributed by atoms with Crippen molar-refractivity contribution in [3.05, 3.63) is 57.6 Å². The van der Waals surface area contributed by atoms with Crippen molar-refractivity contribution in [2.24, 2.45) is 0 Å². The monoisotopic (exact) mass is 268 g/mol. The van der Waals surface area contributed by atoms with Gasteiger partial charge in [-0.15, -0.1) is 10.2 Å². The highest BCUT2D eigenvalue weighted by Gasteiger charge is 2.11. The first-order chi connectivity index (χ1) is 9.54. The van der Waals surface area contributed by atoms with Gasteiger partial charge in [-0.05, 0) is 37.1 Å². The Morgan fingerprint density at radius 3 is 2.55 bits per heavy atom. The lowest BCUT2D eigenvalue weighted by atomic mass is 10.1. The Morgan fingerprint density at radius 2 is 1.80 bits per heavy atom. The maximum absolute atomic E-state index is 10.8. The van der Waals surface area contributed by atoms with E-state index in [-0.39, 0.29) is 5.69 Å². The summed E-state index contributed by atoms with van der Waals surface area (Å²) in [5.74, 6) is 0. The molecule has 1 aromatic heterocycles. The molecule has 6 heteroatoms. The summed E-state index contributed by atoms with van der Waals surface area (Å²) >= 11 is 0. The Labute approximate surface area is 114 Å². The first kappa shape index (κ1) is 12.3. The predicted molar refractivity (Wildman–Crippen MR) is 75.0 cm³/mol. The highest BCUT2D eigenvalue weighted by Crippen LogP contribution is 2.20. The number of aryl methyl sites for hydroxylation is 2. The van der Waals surface area contributed by atoms with E-state index in [1.807, 2.05) is 32.0 Å². The molecule has 0 aliphatic heterocycles. The van der Waals surface area contributed by atoms with Gasteiger partial charge in [0.15, 0.2) is 0 Å². The van der Waals surface area contributed by atoms with Crippen LogP contribution < -0.4 is 0 Å². The van der Waals surface area contributed by atoms with Crippen LogP contribution >= 0.6 is 0 Å². The number of nitrogens with zero attached hydrogens (tertiary/aromatic N) is 4. The third-order valence-electron chi connectivity index (χ3n) is 3.15. The van der Waals surface area contributed by atoms with E-state index in [2.05, 4.69) is 10.2 Å². The van der Waals surface area contributed by atoms with Gasteiger partial charge >= 0.3 is 0 Å². The number of nitro groups is 1. The van der Waals surface area contributed by atoms with Crippen molar-refractivity contribution in [2.75, 3.05) is 0 Å². The lowest BCUT2D eigenvalue weighted by Gasteiger charge is -2.04. The molecule has 3 aromatic rings. The molecule has 0 saturated heterocycles. The second-order valence-corrected chi connectivity index (χ2v) is 4.71. The molecule has 0 unspecified atom stereocenters. The van der Waals surface area contributed by atoms with Gasteiger partial charge in [0.25, 0.3) is 5.69 Å². The predicted octanol–water partition coefficient (Wildman–Crippen LogP) is 2.95. The van der Waals surface area contributed by atoms with E-state index in [0.29, 0.717) is 11.0 Å². The fourth-order valence-corrected chi connectivity index (χ4v) is 2.06. The van der Waals surface area contributed by atoms with Crippen LogP contribution in [0.25, 0.3) is 16.7 Å². The summed E-state index contributed by atoms with van der Waals surface area (Å²) in [5.41, 5.74) is 4.20. The van der Waals surface area contributed by atoms with Crippen LogP contribution in [0.15, 0.2) is 36.4 Å². The van der Waals surface area contributed by atoms with Gasteiger partial charge in [0.1, 0.15) is 11.0 Å². The number of aromatic nitrogens is 3. The quantitative estimate of drug-likeness (QED) is 0.529. The Balaban J connectivity index is 2.17. The van der Waals surface area contributed by atoms with Crippen LogP contribution in [0.5, 0.6) is 0 Å². The minimum atomic E-state index is -0.434. The molecule has 0 N–H and O–H groups in total. The minimum Gasteiger partial charge on any atom is -0.258 e. The molecule has 0 amide bonds. The average molecular weight is 268 g/mol. The van der Waals surface area contributed by atoms with E-state index in [1.165, 1.54) is 16.9 Å². The summed E-state index contributed by atoms with van der Waals surface area (Å²) < 4.78 is 0. The van der Waals surface area contributed by atoms with Crippen LogP contribution in [0.2, 0.25) is 0 Å². The first-order valence-electron chi connectivity index (χ1n) is 6.14. The van der Waals surface area contributed by atoms with Crippen LogP contribution in [0, 0.1) is 24.0 Å². The van der Waals surface area contributed by atoms with Gasteiger partial charge in [-0.3, -0.25) is 10.1 Å². The lowest BCUT2D eigenvalue weighted by molar-refractivity contribution is -0.384. The molecule has 0 saturated carbocycles. The van der Waals surface area contributed by atoms with E-state index < -0.39 is 4.92 Å². The molecule has 1 heterocycles. The first-order valence-corrected chi connectivity index (χ1v) is 6.14. The number of benzene rings is 2. The fourth-order valence-electron chi connectivity index (χ4n) is 2.06. The van der Waals surface area contributed by atoms with Crippen molar-refractivity contribution >= 4 is 16.7 Å². The molecule has 0 fully saturated rings. The van der Waals surface area contributed by atoms with Crippen LogP contribution in [-0.4, -0.2) is 19.9 Å². The zero-order chi connectivity index (χ0) is 14.3. The molecule has 0 radical (unpaired) electrons. The number of nitro benzene ring substituents is 1. The van der Waals surface area contributed by atoms with Gasteiger partial charge in [0.05, 0.1) is 10.6 Å². The van der Waals surface area contributed by atoms with E-state index in [0.717, 1.165) is 16.8 Å². The minimum absolute atomic E-state index is 0.0190. The van der Waals surface area contributed by atoms with Crippen LogP contribution in [0.1, 0.15) is 11.1 Å². The molecular formula is C14H12N4O2. The molecule has 0 aliphatic rings. The van der Waals surface area contributed by atoms with Crippen molar-refractivity contribution in [1.29, 1.82) is 0 Å². The number of non-ortho nitro benzene ring substituents is 1. The highest BCUT2D eigenvalue weighted by molar-refractivity contribution is 5.76. The van der Waals surface area contributed by atoms with Gasteiger partial charge in [0, 0.05) is 12.1 Å². The fraction of sp³-hybridized carbons (Fsp3) is 0.143. The summed E-state index contributed by atoms with van der Waals surface area (Å²) in [5, 5.41) is 19.5. The molecule has 20 heavy (non-hydrogen) atoms. The van der Waals surface area contributed by atoms with Gasteiger partial charge in [0.2, 0.25) is 0 Å². The van der Waals surface area contributed by atoms with Crippen molar-refractivity contribution in [3.8, 4) is 5.69 Å². The smallest absolute Gasteiger partial charge is 0.258 e. The lowest BCUT2D eigenvalue weighted by Crippen LogP contribution is -2.01. The Morgan fingerprint density at radius 1 is 1.05 bits per heavy atom. The second-order valence-electron chi connectivity index (χ2n) is 4.71. The van der Waals surface area contributed by atoms with Crippen LogP contribution in [-0.2, 0) is 0 Å². The normalized spacial score (nSPS) is 10.9. The molecule has 0 bridgehead atoms. The Kier molecular flexibility index (Phi) is 2.71. The number of hydrogen-bond acceptors (Lipinski definition) is 4. The van der Waals surface area contributed by atoms with Crippen molar-refractivity contribution in [3.63, 3.8) is 0 Å². The summed E-state index contributed by atoms with van der Waals surface area (Å²) in [4.78, 5) is 11.9. The van der Waals surface area contributed by atoms with Crippen molar-refractivity contribution in [2.45, 2.75) is 13.8 Å². The molecule has 2 aromatic carbocycles. The number of hydrogen-bond donors (Lipinski definition) is 0. The SMILES string of the molecule is Cc1ccc(C)c(-n2nc3ccc([N+](=O)[O-])cc3n2)c1. The molecule has 100 valence electrons. The Bertz CT molecular complexity index is 823. The van der Waals surface area contributed by atoms with E-state index in [9.17, 15) is 10.1 Å². The second kappa shape index (κ2) is 4.41. The summed E-state index contributed by atoms with van der Waals surface area (Å²) in [6.07, 6.45) is 0. The molecule has 6 nitrogen and oxygen atoms in total. The summed E-state index contributed by atoms with van der Waals surface area (Å²) in [6, 6.07) is 10.5. The van der Waals surface area contributed by atoms with Gasteiger partial charge < -0.3 is 0 Å². The zero-order valence-corrected chi connectivity index (χ0v) is 11.1. The third-order valence-corrected chi connectivity index (χ3v) is 3.15. The number of fused-ring (bicyclic) bond motifs is 1. The molecule has 0 spiro atoms. The van der Waals surface area contributed by atoms with E-state index >= 15 is 0 Å². The maximum atomic E-state index is 10.8. The maximum Gasteiger partial charge on any atom is 0.271 e. The van der Waals surface area contributed by atoms with E-state index in [1.54, 1.807) is 6.07 Å². The van der Waals surface area contributed by atoms with Gasteiger partial charge in [-0.1, -0.05) is 12.1 Å². The topological polar surface area (TPSA) is 73.8 Å². The highest BCUT2D eigenvalue weighted by atomic mass is 16.6. The van der Waals surface area contributed by atoms with Crippen molar-refractivity contribution < 1.29 is 4.92 Å². The van der Waals surface area contributed by atoms with Crippen LogP contribution in [0.4, 0.5) is 5.69 Å². The van der Waals surface area contributed by atoms with Gasteiger partial charge in [-0.2, -0.15) is 4.80 Å². The standard InChI is InChI=1S/C14H12N4O2/c1-9-3-4-10(2)14(7-9)17-15-12-6-5-11(18(19)20)8-13(12)16-17/h3-8H,1-2H3. The third kappa shape index (κ3) is 2.01. The van der Waals surface area contributed by atoms with Gasteiger partial charge in [-0.25, -0.2) is 0 Å². The zero-order valence-electron chi connectivity index (χ0n) is 11.1. The largest absolute Gasteiger partial charge is 0.271 e. The molecule has 0 aliphatic carbocycles. The summed E-state index contributed by atoms with van der Waals surface area (Å²) in [6.45, 7) is 3.97. The van der Waals surface area contributed by atoms with E-state index in [4.69, 9.17) is 0 Å². The average Bonchev–Trinajstić information content (AvgIpc) is 2.83. The number of rotatable bonds is 2. The molecular weight excluding hydrogens is 256 g/mol. The van der Waals surface area contributed by atoms with Crippen molar-refractivity contribution in [1.82, 2.24) is 15.0 Å².